The molecule has 2 nitrogen and oxygen atoms in total. The summed E-state index contributed by atoms with van der Waals surface area (Å²) in [5, 5.41) is 0. The van der Waals surface area contributed by atoms with E-state index >= 15 is 0 Å². The predicted molar refractivity (Wildman–Crippen MR) is 57.2 cm³/mol. The van der Waals surface area contributed by atoms with Gasteiger partial charge in [0.15, 0.2) is 0 Å². The summed E-state index contributed by atoms with van der Waals surface area (Å²) in [4.78, 5) is 2.32. The van der Waals surface area contributed by atoms with Crippen LogP contribution in [0.5, 0.6) is 0 Å². The van der Waals surface area contributed by atoms with Gasteiger partial charge in [0.1, 0.15) is 5.82 Å². The van der Waals surface area contributed by atoms with Crippen LogP contribution in [0.1, 0.15) is 18.5 Å². The second-order valence-corrected chi connectivity index (χ2v) is 3.88. The first-order valence-corrected chi connectivity index (χ1v) is 5.34. The first-order chi connectivity index (χ1) is 7.27. The molecule has 0 spiro atoms. The zero-order valence-electron chi connectivity index (χ0n) is 8.95. The highest BCUT2D eigenvalue weighted by molar-refractivity contribution is 5.19. The van der Waals surface area contributed by atoms with E-state index in [-0.39, 0.29) is 11.9 Å². The summed E-state index contributed by atoms with van der Waals surface area (Å²) in [7, 11) is 0. The lowest BCUT2D eigenvalue weighted by atomic mass is 10.1. The molecule has 0 aromatic heterocycles. The standard InChI is InChI=1S/C12H16FNO/c1-10(14-5-7-15-8-6-14)11-3-2-4-12(13)9-11/h2-4,9-10H,5-8H2,1H3. The number of ether oxygens (including phenoxy) is 1. The molecule has 0 saturated carbocycles. The number of morpholine rings is 1. The van der Waals surface area contributed by atoms with Gasteiger partial charge in [0.25, 0.3) is 0 Å². The Labute approximate surface area is 89.7 Å². The maximum absolute atomic E-state index is 13.1. The van der Waals surface area contributed by atoms with Crippen molar-refractivity contribution >= 4 is 0 Å². The average molecular weight is 209 g/mol. The number of nitrogens with zero attached hydrogens (tertiary/aromatic N) is 1. The monoisotopic (exact) mass is 209 g/mol. The molecular formula is C12H16FNO. The molecule has 1 heterocycles. The molecule has 0 bridgehead atoms. The first kappa shape index (κ1) is 10.6. The minimum atomic E-state index is -0.160. The van der Waals surface area contributed by atoms with Crippen LogP contribution in [-0.2, 0) is 4.74 Å². The quantitative estimate of drug-likeness (QED) is 0.740. The van der Waals surface area contributed by atoms with Gasteiger partial charge in [0.05, 0.1) is 13.2 Å². The van der Waals surface area contributed by atoms with Crippen LogP contribution in [0.25, 0.3) is 0 Å². The fourth-order valence-electron chi connectivity index (χ4n) is 1.94. The van der Waals surface area contributed by atoms with Crippen LogP contribution in [0.2, 0.25) is 0 Å². The van der Waals surface area contributed by atoms with E-state index in [0.717, 1.165) is 31.9 Å². The highest BCUT2D eigenvalue weighted by Gasteiger charge is 2.18. The summed E-state index contributed by atoms with van der Waals surface area (Å²) in [6.45, 7) is 5.52. The van der Waals surface area contributed by atoms with E-state index < -0.39 is 0 Å². The van der Waals surface area contributed by atoms with Crippen LogP contribution < -0.4 is 0 Å². The minimum Gasteiger partial charge on any atom is -0.379 e. The number of halogens is 1. The summed E-state index contributed by atoms with van der Waals surface area (Å²) in [6.07, 6.45) is 0. The van der Waals surface area contributed by atoms with Crippen molar-refractivity contribution in [3.8, 4) is 0 Å². The third kappa shape index (κ3) is 2.55. The number of rotatable bonds is 2. The molecule has 0 amide bonds. The Balaban J connectivity index is 2.08. The molecule has 1 saturated heterocycles. The second kappa shape index (κ2) is 4.73. The third-order valence-corrected chi connectivity index (χ3v) is 2.92. The largest absolute Gasteiger partial charge is 0.379 e. The van der Waals surface area contributed by atoms with E-state index in [1.54, 1.807) is 12.1 Å². The molecule has 2 rings (SSSR count). The normalized spacial score (nSPS) is 20.1. The van der Waals surface area contributed by atoms with Gasteiger partial charge in [-0.25, -0.2) is 4.39 Å². The molecule has 1 fully saturated rings. The van der Waals surface area contributed by atoms with Gasteiger partial charge < -0.3 is 4.74 Å². The Hall–Kier alpha value is -0.930. The summed E-state index contributed by atoms with van der Waals surface area (Å²) in [5.41, 5.74) is 1.04. The van der Waals surface area contributed by atoms with Gasteiger partial charge in [-0.3, -0.25) is 4.90 Å². The molecule has 3 heteroatoms. The Morgan fingerprint density at radius 1 is 1.33 bits per heavy atom. The van der Waals surface area contributed by atoms with Crippen LogP contribution in [-0.4, -0.2) is 31.2 Å². The lowest BCUT2D eigenvalue weighted by molar-refractivity contribution is 0.0198. The fourth-order valence-corrected chi connectivity index (χ4v) is 1.94. The van der Waals surface area contributed by atoms with Gasteiger partial charge in [-0.05, 0) is 24.6 Å². The Bertz CT molecular complexity index is 323. The SMILES string of the molecule is CC(c1cccc(F)c1)N1CCOCC1. The van der Waals surface area contributed by atoms with Gasteiger partial charge in [0.2, 0.25) is 0 Å². The average Bonchev–Trinajstić information content (AvgIpc) is 2.29. The molecule has 1 aliphatic heterocycles. The van der Waals surface area contributed by atoms with E-state index in [1.165, 1.54) is 6.07 Å². The molecule has 1 unspecified atom stereocenters. The van der Waals surface area contributed by atoms with Crippen molar-refractivity contribution in [2.24, 2.45) is 0 Å². The van der Waals surface area contributed by atoms with Crippen molar-refractivity contribution in [3.63, 3.8) is 0 Å². The summed E-state index contributed by atoms with van der Waals surface area (Å²) in [6, 6.07) is 7.10. The van der Waals surface area contributed by atoms with Crippen LogP contribution in [0.4, 0.5) is 4.39 Å². The van der Waals surface area contributed by atoms with Crippen molar-refractivity contribution in [1.82, 2.24) is 4.90 Å². The van der Waals surface area contributed by atoms with Gasteiger partial charge >= 0.3 is 0 Å². The van der Waals surface area contributed by atoms with Crippen molar-refractivity contribution in [2.75, 3.05) is 26.3 Å². The van der Waals surface area contributed by atoms with Gasteiger partial charge in [0, 0.05) is 19.1 Å². The van der Waals surface area contributed by atoms with E-state index in [2.05, 4.69) is 11.8 Å². The van der Waals surface area contributed by atoms with E-state index in [9.17, 15) is 4.39 Å². The second-order valence-electron chi connectivity index (χ2n) is 3.88. The Morgan fingerprint density at radius 2 is 2.07 bits per heavy atom. The summed E-state index contributed by atoms with van der Waals surface area (Å²) in [5.74, 6) is -0.160. The van der Waals surface area contributed by atoms with Crippen molar-refractivity contribution < 1.29 is 9.13 Å². The van der Waals surface area contributed by atoms with Gasteiger partial charge in [-0.1, -0.05) is 12.1 Å². The van der Waals surface area contributed by atoms with Crippen LogP contribution in [0.15, 0.2) is 24.3 Å². The molecule has 1 aromatic rings. The smallest absolute Gasteiger partial charge is 0.123 e. The highest BCUT2D eigenvalue weighted by Crippen LogP contribution is 2.21. The molecule has 0 N–H and O–H groups in total. The summed E-state index contributed by atoms with van der Waals surface area (Å²) >= 11 is 0. The third-order valence-electron chi connectivity index (χ3n) is 2.92. The molecule has 15 heavy (non-hydrogen) atoms. The van der Waals surface area contributed by atoms with E-state index in [0.29, 0.717) is 0 Å². The maximum Gasteiger partial charge on any atom is 0.123 e. The van der Waals surface area contributed by atoms with E-state index in [4.69, 9.17) is 4.74 Å². The Morgan fingerprint density at radius 3 is 2.73 bits per heavy atom. The number of hydrogen-bond acceptors (Lipinski definition) is 2. The minimum absolute atomic E-state index is 0.160. The Kier molecular flexibility index (Phi) is 3.34. The van der Waals surface area contributed by atoms with E-state index in [1.807, 2.05) is 6.07 Å². The summed E-state index contributed by atoms with van der Waals surface area (Å²) < 4.78 is 18.3. The lowest BCUT2D eigenvalue weighted by Crippen LogP contribution is -2.38. The zero-order chi connectivity index (χ0) is 10.7. The first-order valence-electron chi connectivity index (χ1n) is 5.34. The topological polar surface area (TPSA) is 12.5 Å². The van der Waals surface area contributed by atoms with Crippen LogP contribution in [0.3, 0.4) is 0 Å². The van der Waals surface area contributed by atoms with Crippen molar-refractivity contribution in [1.29, 1.82) is 0 Å². The van der Waals surface area contributed by atoms with Gasteiger partial charge in [-0.15, -0.1) is 0 Å². The fraction of sp³-hybridized carbons (Fsp3) is 0.500. The zero-order valence-corrected chi connectivity index (χ0v) is 8.95. The highest BCUT2D eigenvalue weighted by atomic mass is 19.1. The van der Waals surface area contributed by atoms with Crippen LogP contribution in [0, 0.1) is 5.82 Å². The van der Waals surface area contributed by atoms with Gasteiger partial charge in [-0.2, -0.15) is 0 Å². The maximum atomic E-state index is 13.1. The van der Waals surface area contributed by atoms with Crippen molar-refractivity contribution in [3.05, 3.63) is 35.6 Å². The number of hydrogen-bond donors (Lipinski definition) is 0. The number of benzene rings is 1. The molecule has 0 aliphatic carbocycles. The lowest BCUT2D eigenvalue weighted by Gasteiger charge is -2.32. The molecule has 0 radical (unpaired) electrons. The molecule has 1 aromatic carbocycles. The van der Waals surface area contributed by atoms with Crippen molar-refractivity contribution in [2.45, 2.75) is 13.0 Å². The molecule has 82 valence electrons. The molecule has 1 atom stereocenters. The molecule has 1 aliphatic rings. The predicted octanol–water partition coefficient (Wildman–Crippen LogP) is 2.22. The molecular weight excluding hydrogens is 193 g/mol. The van der Waals surface area contributed by atoms with Crippen LogP contribution >= 0.6 is 0 Å².